The van der Waals surface area contributed by atoms with Crippen LogP contribution >= 0.6 is 11.6 Å². The first kappa shape index (κ1) is 25.9. The molecule has 0 atom stereocenters. The van der Waals surface area contributed by atoms with Crippen molar-refractivity contribution in [2.75, 3.05) is 9.80 Å². The van der Waals surface area contributed by atoms with Crippen LogP contribution in [0.15, 0.2) is 127 Å². The van der Waals surface area contributed by atoms with E-state index in [2.05, 4.69) is 0 Å². The van der Waals surface area contributed by atoms with Crippen LogP contribution in [-0.2, 0) is 27.1 Å². The molecule has 0 fully saturated rings. The van der Waals surface area contributed by atoms with Crippen LogP contribution in [0.5, 0.6) is 0 Å². The fourth-order valence-corrected chi connectivity index (χ4v) is 6.35. The van der Waals surface area contributed by atoms with Gasteiger partial charge >= 0.3 is 0 Å². The van der Waals surface area contributed by atoms with Crippen molar-refractivity contribution in [3.8, 4) is 11.1 Å². The molecule has 0 saturated heterocycles. The minimum atomic E-state index is -1.10. The number of hydrogen-bond acceptors (Lipinski definition) is 2. The fraction of sp³-hybridized carbons (Fsp3) is 0.368. The van der Waals surface area contributed by atoms with Gasteiger partial charge in [0.2, 0.25) is 0 Å². The van der Waals surface area contributed by atoms with E-state index in [-0.39, 0.29) is 44.8 Å². The third-order valence-electron chi connectivity index (χ3n) is 9.81. The Morgan fingerprint density at radius 1 is 0.383 bits per heavy atom. The standard InChI is InChI=1S/C57H69ClN2/c1-38-35-50(59(45-28-21-41(22-29-45)54(5,6)7)46-30-23-42(24-31-46)55(8,9)10)52(58)51(36-38)60(47-32-25-43(26-33-47)56(11,12)13)49-34-27-44(57(14,15)16)37-48(49)39-17-19-40(20-18-39)53(2,3)4/h17-37H,1-16H3/i17D,18D,19D,20D,21D,22D,23D,24D,25D,26D,27D,28D,29D,30D,31D,32D,33D,34D,37D. The summed E-state index contributed by atoms with van der Waals surface area (Å²) in [4.78, 5) is 1.99. The van der Waals surface area contributed by atoms with Crippen molar-refractivity contribution < 1.29 is 26.0 Å². The molecule has 0 aromatic heterocycles. The molecule has 0 heterocycles. The molecular weight excluding hydrogens is 748 g/mol. The van der Waals surface area contributed by atoms with E-state index < -0.39 is 181 Å². The molecule has 6 rings (SSSR count). The van der Waals surface area contributed by atoms with Gasteiger partial charge in [-0.15, -0.1) is 0 Å². The lowest BCUT2D eigenvalue weighted by molar-refractivity contribution is 0.590. The van der Waals surface area contributed by atoms with Crippen molar-refractivity contribution in [3.63, 3.8) is 0 Å². The maximum Gasteiger partial charge on any atom is 0.0887 e. The van der Waals surface area contributed by atoms with E-state index in [0.717, 1.165) is 9.80 Å². The van der Waals surface area contributed by atoms with Gasteiger partial charge in [-0.3, -0.25) is 0 Å². The third-order valence-corrected chi connectivity index (χ3v) is 10.2. The van der Waals surface area contributed by atoms with Crippen molar-refractivity contribution in [2.24, 2.45) is 0 Å². The summed E-state index contributed by atoms with van der Waals surface area (Å²) in [7, 11) is 0. The fourth-order valence-electron chi connectivity index (χ4n) is 6.08. The second kappa shape index (κ2) is 16.2. The molecule has 6 aromatic rings. The van der Waals surface area contributed by atoms with Crippen LogP contribution in [0.1, 0.15) is 163 Å². The van der Waals surface area contributed by atoms with Crippen LogP contribution in [0.2, 0.25) is 5.02 Å². The summed E-state index contributed by atoms with van der Waals surface area (Å²) in [5, 5.41) is -0.512. The lowest BCUT2D eigenvalue weighted by atomic mass is 9.83. The SMILES string of the molecule is [2H]c1c([2H])c(C(C)(C)C)c([2H])c([2H])c1-c1c([2H])c(C(C)(C)C)c([2H])c([2H])c1N(c1cc(C)cc(N(c2c([2H])c([2H])c(C(C)(C)C)c([2H])c2[2H])c2c([2H])c([2H])c(C(C)(C)C)c([2H])c2[2H])c1Cl)c1c([2H])c([2H])c(C(C)(C)C)c([2H])c1[2H]. The topological polar surface area (TPSA) is 6.48 Å². The van der Waals surface area contributed by atoms with Gasteiger partial charge in [-0.05, 0) is 133 Å². The molecule has 0 bridgehead atoms. The first-order chi connectivity index (χ1) is 35.7. The summed E-state index contributed by atoms with van der Waals surface area (Å²) in [6.45, 7) is 27.0. The number of rotatable bonds is 7. The van der Waals surface area contributed by atoms with Crippen molar-refractivity contribution in [3.05, 3.63) is 165 Å². The Morgan fingerprint density at radius 3 is 1.03 bits per heavy atom. The van der Waals surface area contributed by atoms with Gasteiger partial charge in [0, 0.05) is 22.6 Å². The predicted molar refractivity (Wildman–Crippen MR) is 264 cm³/mol. The minimum Gasteiger partial charge on any atom is -0.309 e. The van der Waals surface area contributed by atoms with E-state index in [1.165, 1.54) is 12.1 Å². The molecular formula is C57H69ClN2. The van der Waals surface area contributed by atoms with Crippen LogP contribution in [0.25, 0.3) is 11.1 Å². The first-order valence-corrected chi connectivity index (χ1v) is 20.6. The van der Waals surface area contributed by atoms with Gasteiger partial charge in [-0.25, -0.2) is 0 Å². The Kier molecular flexibility index (Phi) is 7.00. The Hall–Kier alpha value is -4.79. The van der Waals surface area contributed by atoms with Crippen molar-refractivity contribution >= 4 is 45.7 Å². The van der Waals surface area contributed by atoms with E-state index in [1.807, 2.05) is 0 Å². The Bertz CT molecular complexity index is 3360. The molecule has 0 aliphatic heterocycles. The van der Waals surface area contributed by atoms with Gasteiger partial charge in [0.15, 0.2) is 0 Å². The number of aryl methyl sites for hydroxylation is 1. The first-order valence-electron chi connectivity index (χ1n) is 29.7. The quantitative estimate of drug-likeness (QED) is 0.158. The Labute approximate surface area is 395 Å². The average Bonchev–Trinajstić information content (AvgIpc) is 3.48. The maximum absolute atomic E-state index is 10.1. The third kappa shape index (κ3) is 9.71. The van der Waals surface area contributed by atoms with Gasteiger partial charge in [-0.1, -0.05) is 182 Å². The van der Waals surface area contributed by atoms with Crippen LogP contribution < -0.4 is 9.80 Å². The minimum absolute atomic E-state index is 0.00776. The van der Waals surface area contributed by atoms with Gasteiger partial charge < -0.3 is 9.80 Å². The number of anilines is 6. The van der Waals surface area contributed by atoms with E-state index in [0.29, 0.717) is 0 Å². The lowest BCUT2D eigenvalue weighted by Gasteiger charge is -2.34. The van der Waals surface area contributed by atoms with Gasteiger partial charge in [0.05, 0.1) is 48.1 Å². The molecule has 0 unspecified atom stereocenters. The summed E-state index contributed by atoms with van der Waals surface area (Å²) in [6.07, 6.45) is 0. The van der Waals surface area contributed by atoms with Gasteiger partial charge in [-0.2, -0.15) is 0 Å². The second-order valence-electron chi connectivity index (χ2n) is 20.4. The highest BCUT2D eigenvalue weighted by Gasteiger charge is 2.28. The highest BCUT2D eigenvalue weighted by molar-refractivity contribution is 6.36. The molecule has 0 aliphatic carbocycles. The summed E-state index contributed by atoms with van der Waals surface area (Å²) in [5.74, 6) is 0. The Morgan fingerprint density at radius 2 is 0.683 bits per heavy atom. The summed E-state index contributed by atoms with van der Waals surface area (Å²) in [6, 6.07) is -8.31. The lowest BCUT2D eigenvalue weighted by Crippen LogP contribution is -2.18. The zero-order valence-corrected chi connectivity index (χ0v) is 38.7. The smallest absolute Gasteiger partial charge is 0.0887 e. The van der Waals surface area contributed by atoms with Crippen molar-refractivity contribution in [1.82, 2.24) is 0 Å². The maximum atomic E-state index is 10.1. The highest BCUT2D eigenvalue weighted by atomic mass is 35.5. The summed E-state index contributed by atoms with van der Waals surface area (Å²) < 4.78 is 183. The molecule has 0 radical (unpaired) electrons. The molecule has 6 aromatic carbocycles. The van der Waals surface area contributed by atoms with Gasteiger partial charge in [0.25, 0.3) is 0 Å². The van der Waals surface area contributed by atoms with Crippen LogP contribution in [0.4, 0.5) is 34.1 Å². The van der Waals surface area contributed by atoms with E-state index in [9.17, 15) is 26.0 Å². The predicted octanol–water partition coefficient (Wildman–Crippen LogP) is 17.7. The van der Waals surface area contributed by atoms with Crippen LogP contribution in [-0.4, -0.2) is 0 Å². The summed E-state index contributed by atoms with van der Waals surface area (Å²) in [5.41, 5.74) is -8.68. The monoisotopic (exact) mass is 836 g/mol. The molecule has 3 heteroatoms. The molecule has 0 N–H and O–H groups in total. The van der Waals surface area contributed by atoms with E-state index in [1.54, 1.807) is 111 Å². The molecule has 0 spiro atoms. The highest BCUT2D eigenvalue weighted by Crippen LogP contribution is 2.50. The zero-order valence-electron chi connectivity index (χ0n) is 56.9. The number of hydrogen-bond donors (Lipinski definition) is 0. The van der Waals surface area contributed by atoms with Crippen molar-refractivity contribution in [2.45, 2.75) is 138 Å². The summed E-state index contributed by atoms with van der Waals surface area (Å²) >= 11 is 7.83. The molecule has 0 aliphatic rings. The normalized spacial score (nSPS) is 17.2. The zero-order chi connectivity index (χ0) is 60.7. The molecule has 0 amide bonds. The molecule has 60 heavy (non-hydrogen) atoms. The van der Waals surface area contributed by atoms with Crippen LogP contribution in [0.3, 0.4) is 0 Å². The number of nitrogens with zero attached hydrogens (tertiary/aromatic N) is 2. The van der Waals surface area contributed by atoms with E-state index >= 15 is 0 Å². The molecule has 2 nitrogen and oxygen atoms in total. The van der Waals surface area contributed by atoms with Gasteiger partial charge in [0.1, 0.15) is 0 Å². The van der Waals surface area contributed by atoms with E-state index in [4.69, 9.17) is 11.6 Å². The average molecular weight is 837 g/mol. The molecule has 0 saturated carbocycles. The van der Waals surface area contributed by atoms with Crippen LogP contribution in [0, 0.1) is 6.92 Å². The number of halogens is 1. The second-order valence-corrected chi connectivity index (χ2v) is 20.8. The largest absolute Gasteiger partial charge is 0.309 e. The Balaban J connectivity index is 2.03. The number of benzene rings is 6. The molecule has 314 valence electrons. The van der Waals surface area contributed by atoms with Crippen molar-refractivity contribution in [1.29, 1.82) is 0 Å².